The van der Waals surface area contributed by atoms with Gasteiger partial charge in [0.15, 0.2) is 0 Å². The van der Waals surface area contributed by atoms with Crippen LogP contribution in [-0.2, 0) is 47.7 Å². The third-order valence-corrected chi connectivity index (χ3v) is 6.65. The van der Waals surface area contributed by atoms with Crippen LogP contribution in [0.5, 0.6) is 0 Å². The fourth-order valence-electron chi connectivity index (χ4n) is 2.35. The molecule has 2 saturated heterocycles. The van der Waals surface area contributed by atoms with Crippen LogP contribution in [0.3, 0.4) is 0 Å². The van der Waals surface area contributed by atoms with E-state index in [0.717, 1.165) is 0 Å². The maximum absolute atomic E-state index is 13.8. The monoisotopic (exact) mass is 508 g/mol. The third kappa shape index (κ3) is 5.40. The van der Waals surface area contributed by atoms with Crippen LogP contribution in [-0.4, -0.2) is 83.5 Å². The SMILES string of the molecule is O=C(OCC1CCS(=O)(=O)O1)C(F)(F)C(F)(F)C(F)(F)C(=O)OCC1CCS(=O)(=O)O1. The van der Waals surface area contributed by atoms with Crippen LogP contribution in [0.15, 0.2) is 0 Å². The molecule has 2 heterocycles. The number of rotatable bonds is 8. The molecule has 31 heavy (non-hydrogen) atoms. The van der Waals surface area contributed by atoms with Gasteiger partial charge in [0, 0.05) is 0 Å². The highest BCUT2D eigenvalue weighted by Gasteiger charge is 2.79. The second kappa shape index (κ2) is 8.36. The van der Waals surface area contributed by atoms with Crippen molar-refractivity contribution in [2.75, 3.05) is 24.7 Å². The van der Waals surface area contributed by atoms with Crippen molar-refractivity contribution in [3.05, 3.63) is 0 Å². The molecule has 2 unspecified atom stereocenters. The first-order valence-corrected chi connectivity index (χ1v) is 11.4. The molecule has 0 amide bonds. The highest BCUT2D eigenvalue weighted by atomic mass is 32.2. The first kappa shape index (κ1) is 25.6. The van der Waals surface area contributed by atoms with Crippen molar-refractivity contribution in [1.29, 1.82) is 0 Å². The van der Waals surface area contributed by atoms with Crippen molar-refractivity contribution < 1.29 is 70.6 Å². The van der Waals surface area contributed by atoms with Crippen LogP contribution in [0.4, 0.5) is 26.3 Å². The second-order valence-corrected chi connectivity index (χ2v) is 9.89. The Morgan fingerprint density at radius 3 is 1.32 bits per heavy atom. The predicted molar refractivity (Wildman–Crippen MR) is 83.3 cm³/mol. The van der Waals surface area contributed by atoms with Crippen molar-refractivity contribution in [1.82, 2.24) is 0 Å². The summed E-state index contributed by atoms with van der Waals surface area (Å²) in [5, 5.41) is 0. The molecule has 2 atom stereocenters. The van der Waals surface area contributed by atoms with Gasteiger partial charge in [-0.2, -0.15) is 43.2 Å². The largest absolute Gasteiger partial charge is 0.458 e. The fraction of sp³-hybridized carbons (Fsp3) is 0.846. The van der Waals surface area contributed by atoms with Crippen LogP contribution < -0.4 is 0 Å². The van der Waals surface area contributed by atoms with Gasteiger partial charge in [0.1, 0.15) is 25.4 Å². The van der Waals surface area contributed by atoms with Crippen LogP contribution in [0.1, 0.15) is 12.8 Å². The van der Waals surface area contributed by atoms with Gasteiger partial charge in [0.05, 0.1) is 11.5 Å². The molecule has 2 aliphatic rings. The average molecular weight is 508 g/mol. The van der Waals surface area contributed by atoms with E-state index in [1.54, 1.807) is 0 Å². The Morgan fingerprint density at radius 2 is 1.06 bits per heavy atom. The molecular weight excluding hydrogens is 494 g/mol. The van der Waals surface area contributed by atoms with Gasteiger partial charge in [-0.05, 0) is 12.8 Å². The zero-order valence-electron chi connectivity index (χ0n) is 15.1. The van der Waals surface area contributed by atoms with Gasteiger partial charge >= 0.3 is 29.7 Å². The van der Waals surface area contributed by atoms with Gasteiger partial charge in [-0.1, -0.05) is 0 Å². The smallest absolute Gasteiger partial charge is 0.411 e. The molecule has 0 aromatic carbocycles. The Morgan fingerprint density at radius 1 is 0.742 bits per heavy atom. The van der Waals surface area contributed by atoms with Crippen molar-refractivity contribution in [2.45, 2.75) is 42.8 Å². The summed E-state index contributed by atoms with van der Waals surface area (Å²) in [6, 6.07) is 0. The zero-order chi connectivity index (χ0) is 23.9. The number of halogens is 6. The van der Waals surface area contributed by atoms with E-state index in [2.05, 4.69) is 17.8 Å². The molecule has 2 fully saturated rings. The molecule has 2 rings (SSSR count). The summed E-state index contributed by atoms with van der Waals surface area (Å²) in [5.41, 5.74) is 0. The summed E-state index contributed by atoms with van der Waals surface area (Å²) in [4.78, 5) is 22.6. The maximum Gasteiger partial charge on any atom is 0.411 e. The number of esters is 2. The molecule has 0 N–H and O–H groups in total. The molecule has 0 radical (unpaired) electrons. The number of ether oxygens (including phenoxy) is 2. The number of carbonyl (C=O) groups excluding carboxylic acids is 2. The maximum atomic E-state index is 13.8. The highest BCUT2D eigenvalue weighted by Crippen LogP contribution is 2.47. The molecule has 10 nitrogen and oxygen atoms in total. The second-order valence-electron chi connectivity index (χ2n) is 6.46. The number of hydrogen-bond acceptors (Lipinski definition) is 10. The Kier molecular flexibility index (Phi) is 6.90. The summed E-state index contributed by atoms with van der Waals surface area (Å²) in [5.74, 6) is -26.6. The van der Waals surface area contributed by atoms with Crippen molar-refractivity contribution in [3.8, 4) is 0 Å². The van der Waals surface area contributed by atoms with E-state index in [9.17, 15) is 52.8 Å². The molecule has 0 bridgehead atoms. The summed E-state index contributed by atoms with van der Waals surface area (Å²) < 4.78 is 143. The highest BCUT2D eigenvalue weighted by molar-refractivity contribution is 7.87. The van der Waals surface area contributed by atoms with Crippen LogP contribution in [0.2, 0.25) is 0 Å². The molecule has 0 saturated carbocycles. The molecule has 180 valence electrons. The van der Waals surface area contributed by atoms with E-state index in [1.807, 2.05) is 0 Å². The quantitative estimate of drug-likeness (QED) is 0.254. The topological polar surface area (TPSA) is 139 Å². The van der Waals surface area contributed by atoms with Crippen LogP contribution >= 0.6 is 0 Å². The lowest BCUT2D eigenvalue weighted by molar-refractivity contribution is -0.301. The zero-order valence-corrected chi connectivity index (χ0v) is 16.7. The molecule has 0 aromatic heterocycles. The van der Waals surface area contributed by atoms with Crippen LogP contribution in [0, 0.1) is 0 Å². The summed E-state index contributed by atoms with van der Waals surface area (Å²) in [7, 11) is -8.04. The average Bonchev–Trinajstić information content (AvgIpc) is 3.17. The van der Waals surface area contributed by atoms with E-state index in [0.29, 0.717) is 0 Å². The fourth-order valence-corrected chi connectivity index (χ4v) is 4.78. The van der Waals surface area contributed by atoms with Crippen molar-refractivity contribution >= 4 is 32.2 Å². The number of alkyl halides is 6. The van der Waals surface area contributed by atoms with Gasteiger partial charge in [0.25, 0.3) is 20.2 Å². The molecule has 0 aliphatic carbocycles. The number of carbonyl (C=O) groups is 2. The lowest BCUT2D eigenvalue weighted by Crippen LogP contribution is -2.62. The Balaban J connectivity index is 2.01. The van der Waals surface area contributed by atoms with Gasteiger partial charge < -0.3 is 9.47 Å². The Labute approximate surface area is 171 Å². The van der Waals surface area contributed by atoms with E-state index >= 15 is 0 Å². The molecule has 0 spiro atoms. The van der Waals surface area contributed by atoms with E-state index in [4.69, 9.17) is 0 Å². The molecule has 0 aromatic rings. The summed E-state index contributed by atoms with van der Waals surface area (Å²) in [6.45, 7) is -2.51. The van der Waals surface area contributed by atoms with E-state index in [1.165, 1.54) is 0 Å². The first-order valence-electron chi connectivity index (χ1n) is 8.21. The van der Waals surface area contributed by atoms with Gasteiger partial charge in [-0.3, -0.25) is 8.37 Å². The standard InChI is InChI=1S/C13H14F6O10S2/c14-11(15,9(20)26-5-7-1-3-30(22,23)28-7)13(18,19)12(16,17)10(21)27-6-8-2-4-31(24,25)29-8/h7-8H,1-6H2. The van der Waals surface area contributed by atoms with Gasteiger partial charge in [-0.25, -0.2) is 9.59 Å². The third-order valence-electron chi connectivity index (χ3n) is 4.05. The van der Waals surface area contributed by atoms with Crippen molar-refractivity contribution in [3.63, 3.8) is 0 Å². The van der Waals surface area contributed by atoms with Gasteiger partial charge in [0.2, 0.25) is 0 Å². The van der Waals surface area contributed by atoms with E-state index in [-0.39, 0.29) is 12.8 Å². The normalized spacial score (nSPS) is 25.9. The van der Waals surface area contributed by atoms with Crippen LogP contribution in [0.25, 0.3) is 0 Å². The lowest BCUT2D eigenvalue weighted by atomic mass is 10.0. The number of hydrogen-bond donors (Lipinski definition) is 0. The minimum absolute atomic E-state index is 0.334. The molecular formula is C13H14F6O10S2. The molecule has 2 aliphatic heterocycles. The minimum atomic E-state index is -6.63. The summed E-state index contributed by atoms with van der Waals surface area (Å²) >= 11 is 0. The first-order chi connectivity index (χ1) is 13.9. The van der Waals surface area contributed by atoms with E-state index < -0.39 is 86.9 Å². The summed E-state index contributed by atoms with van der Waals surface area (Å²) in [6.07, 6.45) is -3.63. The lowest BCUT2D eigenvalue weighted by Gasteiger charge is -2.30. The Bertz CT molecular complexity index is 858. The minimum Gasteiger partial charge on any atom is -0.458 e. The Hall–Kier alpha value is -1.66. The van der Waals surface area contributed by atoms with Gasteiger partial charge in [-0.15, -0.1) is 0 Å². The van der Waals surface area contributed by atoms with Crippen molar-refractivity contribution in [2.24, 2.45) is 0 Å². The molecule has 18 heteroatoms. The predicted octanol–water partition coefficient (Wildman–Crippen LogP) is 0.216.